The molecule has 2 aliphatic rings. The maximum atomic E-state index is 2.40. The Kier molecular flexibility index (Phi) is 3.75. The van der Waals surface area contributed by atoms with Gasteiger partial charge in [-0.1, -0.05) is 51.5 Å². The molecule has 0 heteroatoms. The number of fused-ring (bicyclic) bond motifs is 1. The zero-order valence-electron chi connectivity index (χ0n) is 12.3. The highest BCUT2D eigenvalue weighted by Gasteiger charge is 2.14. The fourth-order valence-electron chi connectivity index (χ4n) is 2.66. The zero-order valence-corrected chi connectivity index (χ0v) is 12.3. The lowest BCUT2D eigenvalue weighted by Gasteiger charge is -2.04. The van der Waals surface area contributed by atoms with E-state index in [-0.39, 0.29) is 0 Å². The molecule has 18 heavy (non-hydrogen) atoms. The predicted octanol–water partition coefficient (Wildman–Crippen LogP) is 5.48. The second kappa shape index (κ2) is 5.14. The van der Waals surface area contributed by atoms with Gasteiger partial charge in [0.1, 0.15) is 0 Å². The molecule has 0 amide bonds. The second-order valence-corrected chi connectivity index (χ2v) is 5.69. The molecule has 0 fully saturated rings. The van der Waals surface area contributed by atoms with Crippen LogP contribution in [0.1, 0.15) is 55.4 Å². The van der Waals surface area contributed by atoms with Crippen LogP contribution in [0, 0.1) is 13.8 Å². The van der Waals surface area contributed by atoms with Gasteiger partial charge in [0.05, 0.1) is 0 Å². The summed E-state index contributed by atoms with van der Waals surface area (Å²) in [4.78, 5) is 0. The average molecular weight is 240 g/mol. The minimum atomic E-state index is 0.587. The lowest BCUT2D eigenvalue weighted by Crippen LogP contribution is -1.85. The van der Waals surface area contributed by atoms with E-state index in [0.717, 1.165) is 0 Å². The highest BCUT2D eigenvalue weighted by molar-refractivity contribution is 5.76. The molecule has 0 aromatic heterocycles. The molecule has 0 aliphatic heterocycles. The van der Waals surface area contributed by atoms with Gasteiger partial charge >= 0.3 is 0 Å². The van der Waals surface area contributed by atoms with Gasteiger partial charge < -0.3 is 0 Å². The maximum absolute atomic E-state index is 2.40. The van der Waals surface area contributed by atoms with Crippen molar-refractivity contribution in [2.45, 2.75) is 53.4 Å². The molecular weight excluding hydrogens is 216 g/mol. The van der Waals surface area contributed by atoms with Crippen LogP contribution < -0.4 is 0 Å². The van der Waals surface area contributed by atoms with E-state index < -0.39 is 0 Å². The summed E-state index contributed by atoms with van der Waals surface area (Å²) in [6.07, 6.45) is 2.42. The van der Waals surface area contributed by atoms with Crippen molar-refractivity contribution in [2.24, 2.45) is 0 Å². The third-order valence-corrected chi connectivity index (χ3v) is 3.94. The van der Waals surface area contributed by atoms with Crippen molar-refractivity contribution in [3.8, 4) is 11.1 Å². The Balaban J connectivity index is 2.67. The standard InChI is InChI=1S/C18H24/c1-6-7-16-11-17-13(4)8-9-15(12(2)3)10-18(17)14(16)5/h8-12H,6-7H2,1-5H3. The van der Waals surface area contributed by atoms with Gasteiger partial charge in [-0.2, -0.15) is 0 Å². The molecule has 0 heterocycles. The molecule has 2 rings (SSSR count). The van der Waals surface area contributed by atoms with Gasteiger partial charge in [-0.15, -0.1) is 0 Å². The van der Waals surface area contributed by atoms with Crippen LogP contribution in [-0.2, 0) is 6.42 Å². The summed E-state index contributed by atoms with van der Waals surface area (Å²) in [6.45, 7) is 11.3. The molecule has 0 nitrogen and oxygen atoms in total. The Hall–Kier alpha value is -1.30. The van der Waals surface area contributed by atoms with Crippen LogP contribution in [0.25, 0.3) is 11.1 Å². The van der Waals surface area contributed by atoms with Gasteiger partial charge in [-0.25, -0.2) is 0 Å². The summed E-state index contributed by atoms with van der Waals surface area (Å²) < 4.78 is 0. The quantitative estimate of drug-likeness (QED) is 0.666. The van der Waals surface area contributed by atoms with Crippen molar-refractivity contribution in [1.29, 1.82) is 0 Å². The van der Waals surface area contributed by atoms with Crippen molar-refractivity contribution in [3.05, 3.63) is 46.5 Å². The van der Waals surface area contributed by atoms with Gasteiger partial charge in [0.2, 0.25) is 0 Å². The minimum absolute atomic E-state index is 0.587. The van der Waals surface area contributed by atoms with Crippen molar-refractivity contribution in [2.75, 3.05) is 0 Å². The Labute approximate surface area is 111 Å². The summed E-state index contributed by atoms with van der Waals surface area (Å²) in [5.74, 6) is 0.587. The molecule has 0 aromatic carbocycles. The Morgan fingerprint density at radius 2 is 1.72 bits per heavy atom. The molecule has 2 aliphatic carbocycles. The summed E-state index contributed by atoms with van der Waals surface area (Å²) in [5, 5.41) is 0. The largest absolute Gasteiger partial charge is 0.0651 e. The van der Waals surface area contributed by atoms with Crippen LogP contribution >= 0.6 is 0 Å². The first-order chi connectivity index (χ1) is 8.54. The molecule has 0 saturated heterocycles. The van der Waals surface area contributed by atoms with Crippen molar-refractivity contribution in [3.63, 3.8) is 0 Å². The number of aryl methyl sites for hydroxylation is 2. The van der Waals surface area contributed by atoms with E-state index in [2.05, 4.69) is 58.9 Å². The van der Waals surface area contributed by atoms with Crippen LogP contribution in [0.5, 0.6) is 0 Å². The van der Waals surface area contributed by atoms with E-state index in [0.29, 0.717) is 5.92 Å². The highest BCUT2D eigenvalue weighted by atomic mass is 14.2. The molecule has 0 saturated carbocycles. The molecule has 0 atom stereocenters. The summed E-state index contributed by atoms with van der Waals surface area (Å²) in [6, 6.07) is 9.33. The van der Waals surface area contributed by atoms with Gasteiger partial charge in [0.15, 0.2) is 0 Å². The fraction of sp³-hybridized carbons (Fsp3) is 0.444. The monoisotopic (exact) mass is 240 g/mol. The normalized spacial score (nSPS) is 11.4. The Morgan fingerprint density at radius 3 is 2.33 bits per heavy atom. The third-order valence-electron chi connectivity index (χ3n) is 3.94. The van der Waals surface area contributed by atoms with E-state index in [1.54, 1.807) is 0 Å². The van der Waals surface area contributed by atoms with Crippen LogP contribution in [0.2, 0.25) is 0 Å². The molecule has 0 N–H and O–H groups in total. The zero-order chi connectivity index (χ0) is 13.3. The Morgan fingerprint density at radius 1 is 1.00 bits per heavy atom. The first-order valence-electron chi connectivity index (χ1n) is 7.07. The Bertz CT molecular complexity index is 520. The van der Waals surface area contributed by atoms with Crippen LogP contribution in [-0.4, -0.2) is 0 Å². The van der Waals surface area contributed by atoms with Gasteiger partial charge in [0, 0.05) is 0 Å². The molecule has 0 aromatic rings. The van der Waals surface area contributed by atoms with Gasteiger partial charge in [-0.3, -0.25) is 0 Å². The van der Waals surface area contributed by atoms with E-state index in [9.17, 15) is 0 Å². The molecule has 96 valence electrons. The average Bonchev–Trinajstić information content (AvgIpc) is 2.53. The fourth-order valence-corrected chi connectivity index (χ4v) is 2.66. The predicted molar refractivity (Wildman–Crippen MR) is 80.6 cm³/mol. The van der Waals surface area contributed by atoms with Crippen LogP contribution in [0.3, 0.4) is 0 Å². The molecular formula is C18H24. The number of hydrogen-bond acceptors (Lipinski definition) is 0. The SMILES string of the molecule is CCCc1cc2c(C)ccc(C(C)C)cc-2c1C. The summed E-state index contributed by atoms with van der Waals surface area (Å²) >= 11 is 0. The molecule has 0 spiro atoms. The second-order valence-electron chi connectivity index (χ2n) is 5.69. The molecule has 0 bridgehead atoms. The van der Waals surface area contributed by atoms with Crippen LogP contribution in [0.15, 0.2) is 24.3 Å². The smallest absolute Gasteiger partial charge is 0.0146 e. The first kappa shape index (κ1) is 13.1. The van der Waals surface area contributed by atoms with E-state index in [1.807, 2.05) is 0 Å². The van der Waals surface area contributed by atoms with E-state index in [1.165, 1.54) is 46.2 Å². The van der Waals surface area contributed by atoms with Gasteiger partial charge in [0.25, 0.3) is 0 Å². The van der Waals surface area contributed by atoms with E-state index >= 15 is 0 Å². The van der Waals surface area contributed by atoms with Crippen LogP contribution in [0.4, 0.5) is 0 Å². The highest BCUT2D eigenvalue weighted by Crippen LogP contribution is 2.35. The molecule has 0 radical (unpaired) electrons. The first-order valence-corrected chi connectivity index (χ1v) is 7.07. The van der Waals surface area contributed by atoms with E-state index in [4.69, 9.17) is 0 Å². The summed E-state index contributed by atoms with van der Waals surface area (Å²) in [7, 11) is 0. The lowest BCUT2D eigenvalue weighted by molar-refractivity contribution is 0.868. The number of hydrogen-bond donors (Lipinski definition) is 0. The minimum Gasteiger partial charge on any atom is -0.0651 e. The number of rotatable bonds is 3. The van der Waals surface area contributed by atoms with Crippen molar-refractivity contribution >= 4 is 0 Å². The van der Waals surface area contributed by atoms with Crippen molar-refractivity contribution in [1.82, 2.24) is 0 Å². The van der Waals surface area contributed by atoms with Gasteiger partial charge in [-0.05, 0) is 59.6 Å². The van der Waals surface area contributed by atoms with Crippen molar-refractivity contribution < 1.29 is 0 Å². The third kappa shape index (κ3) is 2.29. The maximum Gasteiger partial charge on any atom is -0.0146 e. The lowest BCUT2D eigenvalue weighted by atomic mass is 10.0. The molecule has 0 unspecified atom stereocenters. The topological polar surface area (TPSA) is 0 Å². The summed E-state index contributed by atoms with van der Waals surface area (Å²) in [5.41, 5.74) is 8.71.